The summed E-state index contributed by atoms with van der Waals surface area (Å²) in [4.78, 5) is 37.5. The van der Waals surface area contributed by atoms with Gasteiger partial charge in [0.25, 0.3) is 0 Å². The molecule has 28 heavy (non-hydrogen) atoms. The molecule has 5 N–H and O–H groups in total. The Bertz CT molecular complexity index is 791. The number of hydrogen-bond donors (Lipinski definition) is 5. The van der Waals surface area contributed by atoms with Gasteiger partial charge in [0, 0.05) is 11.8 Å². The average molecular weight is 394 g/mol. The molecule has 8 nitrogen and oxygen atoms in total. The average Bonchev–Trinajstić information content (AvgIpc) is 3.03. The molecule has 4 aliphatic rings. The van der Waals surface area contributed by atoms with Crippen LogP contribution in [0.25, 0.3) is 0 Å². The molecule has 0 saturated heterocycles. The zero-order valence-corrected chi connectivity index (χ0v) is 15.7. The van der Waals surface area contributed by atoms with Crippen LogP contribution in [0.2, 0.25) is 0 Å². The first-order chi connectivity index (χ1) is 12.9. The highest BCUT2D eigenvalue weighted by molar-refractivity contribution is 5.86. The molecule has 2 bridgehead atoms. The highest BCUT2D eigenvalue weighted by Crippen LogP contribution is 2.77. The molecular weight excluding hydrogens is 368 g/mol. The first kappa shape index (κ1) is 19.4. The van der Waals surface area contributed by atoms with E-state index in [1.54, 1.807) is 0 Å². The van der Waals surface area contributed by atoms with E-state index in [4.69, 9.17) is 0 Å². The summed E-state index contributed by atoms with van der Waals surface area (Å²) in [5.41, 5.74) is -3.78. The Morgan fingerprint density at radius 1 is 1.11 bits per heavy atom. The van der Waals surface area contributed by atoms with Gasteiger partial charge in [-0.15, -0.1) is 0 Å². The van der Waals surface area contributed by atoms with Gasteiger partial charge in [-0.1, -0.05) is 12.2 Å². The fourth-order valence-corrected chi connectivity index (χ4v) is 7.66. The van der Waals surface area contributed by atoms with Crippen molar-refractivity contribution in [1.29, 1.82) is 0 Å². The second-order valence-corrected chi connectivity index (χ2v) is 9.52. The predicted molar refractivity (Wildman–Crippen MR) is 94.1 cm³/mol. The zero-order chi connectivity index (χ0) is 20.8. The third-order valence-electron chi connectivity index (χ3n) is 8.74. The van der Waals surface area contributed by atoms with Gasteiger partial charge in [0.15, 0.2) is 0 Å². The summed E-state index contributed by atoms with van der Waals surface area (Å²) in [6.45, 7) is 5.28. The molecule has 0 heterocycles. The maximum Gasteiger partial charge on any atom is 0.312 e. The molecule has 154 valence electrons. The van der Waals surface area contributed by atoms with Crippen molar-refractivity contribution in [2.75, 3.05) is 0 Å². The van der Waals surface area contributed by atoms with Gasteiger partial charge in [-0.25, -0.2) is 0 Å². The summed E-state index contributed by atoms with van der Waals surface area (Å²) in [7, 11) is 0. The standard InChI is InChI=1S/C20H26O8/c1-8-6-19-7-9(8)10(21)5-11(19)20(17(27)28)4-3-12(22)18(2,16(25)26)14(20)13(19)15(23)24/h9-14,21-22H,1,3-7H2,2H3,(H,23,24)(H,25,26)(H,27,28)/t9-,10+,11-,12+,13-,14-,18-,19+,20-/m1/s1. The van der Waals surface area contributed by atoms with Crippen molar-refractivity contribution in [3.05, 3.63) is 12.2 Å². The van der Waals surface area contributed by atoms with Gasteiger partial charge in [0.2, 0.25) is 0 Å². The fourth-order valence-electron chi connectivity index (χ4n) is 7.66. The second kappa shape index (κ2) is 5.57. The van der Waals surface area contributed by atoms with Gasteiger partial charge < -0.3 is 25.5 Å². The first-order valence-electron chi connectivity index (χ1n) is 9.68. The van der Waals surface area contributed by atoms with Crippen LogP contribution < -0.4 is 0 Å². The quantitative estimate of drug-likeness (QED) is 0.444. The SMILES string of the molecule is C=C1C[C@]23C[C@H]1[C@@H](O)C[C@H]2[C@]1(C(=O)O)CC[C@H](O)[C@@](C)(C(=O)O)[C@H]1[C@@H]3C(=O)O. The van der Waals surface area contributed by atoms with Gasteiger partial charge in [-0.3, -0.25) is 14.4 Å². The molecule has 4 rings (SSSR count). The molecule has 9 atom stereocenters. The first-order valence-corrected chi connectivity index (χ1v) is 9.68. The Hall–Kier alpha value is -1.93. The molecule has 0 aromatic heterocycles. The van der Waals surface area contributed by atoms with Crippen molar-refractivity contribution in [1.82, 2.24) is 0 Å². The van der Waals surface area contributed by atoms with Crippen LogP contribution in [0.15, 0.2) is 12.2 Å². The molecule has 0 aromatic rings. The Labute approximate surface area is 161 Å². The molecule has 8 heteroatoms. The van der Waals surface area contributed by atoms with Crippen LogP contribution in [-0.4, -0.2) is 55.6 Å². The lowest BCUT2D eigenvalue weighted by Crippen LogP contribution is -2.60. The van der Waals surface area contributed by atoms with Gasteiger partial charge in [0.1, 0.15) is 0 Å². The summed E-state index contributed by atoms with van der Waals surface area (Å²) >= 11 is 0. The molecule has 0 amide bonds. The summed E-state index contributed by atoms with van der Waals surface area (Å²) < 4.78 is 0. The van der Waals surface area contributed by atoms with E-state index in [0.717, 1.165) is 0 Å². The molecule has 0 radical (unpaired) electrons. The van der Waals surface area contributed by atoms with Crippen molar-refractivity contribution in [2.45, 2.75) is 51.2 Å². The molecule has 4 saturated carbocycles. The van der Waals surface area contributed by atoms with Crippen LogP contribution in [0, 0.1) is 39.9 Å². The maximum absolute atomic E-state index is 12.7. The van der Waals surface area contributed by atoms with Crippen LogP contribution in [0.5, 0.6) is 0 Å². The van der Waals surface area contributed by atoms with E-state index in [0.29, 0.717) is 12.0 Å². The van der Waals surface area contributed by atoms with E-state index in [1.165, 1.54) is 6.92 Å². The van der Waals surface area contributed by atoms with Crippen molar-refractivity contribution in [3.8, 4) is 0 Å². The molecule has 4 fully saturated rings. The Morgan fingerprint density at radius 2 is 1.75 bits per heavy atom. The number of hydrogen-bond acceptors (Lipinski definition) is 5. The number of fused-ring (bicyclic) bond motifs is 3. The minimum Gasteiger partial charge on any atom is -0.481 e. The number of carbonyl (C=O) groups is 3. The third-order valence-corrected chi connectivity index (χ3v) is 8.74. The van der Waals surface area contributed by atoms with Gasteiger partial charge >= 0.3 is 17.9 Å². The van der Waals surface area contributed by atoms with E-state index in [1.807, 2.05) is 0 Å². The van der Waals surface area contributed by atoms with E-state index in [9.17, 15) is 39.9 Å². The number of aliphatic carboxylic acids is 3. The van der Waals surface area contributed by atoms with E-state index >= 15 is 0 Å². The van der Waals surface area contributed by atoms with E-state index in [2.05, 4.69) is 6.58 Å². The Morgan fingerprint density at radius 3 is 2.29 bits per heavy atom. The smallest absolute Gasteiger partial charge is 0.312 e. The summed E-state index contributed by atoms with van der Waals surface area (Å²) in [5, 5.41) is 51.8. The van der Waals surface area contributed by atoms with Crippen LogP contribution in [-0.2, 0) is 14.4 Å². The number of carboxylic acids is 3. The number of aliphatic hydroxyl groups excluding tert-OH is 2. The Balaban J connectivity index is 2.03. The number of aliphatic hydroxyl groups is 2. The molecule has 1 spiro atoms. The normalized spacial score (nSPS) is 52.0. The summed E-state index contributed by atoms with van der Waals surface area (Å²) in [5.74, 6) is -7.34. The lowest BCUT2D eigenvalue weighted by atomic mass is 9.51. The van der Waals surface area contributed by atoms with E-state index in [-0.39, 0.29) is 31.6 Å². The van der Waals surface area contributed by atoms with Crippen LogP contribution >= 0.6 is 0 Å². The zero-order valence-electron chi connectivity index (χ0n) is 15.7. The molecular formula is C20H26O8. The van der Waals surface area contributed by atoms with Gasteiger partial charge in [-0.2, -0.15) is 0 Å². The lowest BCUT2D eigenvalue weighted by Gasteiger charge is -2.51. The fraction of sp³-hybridized carbons (Fsp3) is 0.750. The monoisotopic (exact) mass is 394 g/mol. The van der Waals surface area contributed by atoms with Crippen molar-refractivity contribution >= 4 is 17.9 Å². The lowest BCUT2D eigenvalue weighted by molar-refractivity contribution is -0.192. The van der Waals surface area contributed by atoms with E-state index < -0.39 is 64.1 Å². The minimum absolute atomic E-state index is 0.00288. The van der Waals surface area contributed by atoms with Crippen LogP contribution in [0.3, 0.4) is 0 Å². The highest BCUT2D eigenvalue weighted by atomic mass is 16.4. The molecule has 4 aliphatic carbocycles. The van der Waals surface area contributed by atoms with Gasteiger partial charge in [-0.05, 0) is 50.4 Å². The largest absolute Gasteiger partial charge is 0.481 e. The highest BCUT2D eigenvalue weighted by Gasteiger charge is 2.81. The number of rotatable bonds is 3. The number of carboxylic acid groups (broad SMARTS) is 3. The van der Waals surface area contributed by atoms with Crippen molar-refractivity contribution < 1.29 is 39.9 Å². The van der Waals surface area contributed by atoms with Crippen LogP contribution in [0.4, 0.5) is 0 Å². The van der Waals surface area contributed by atoms with Crippen molar-refractivity contribution in [3.63, 3.8) is 0 Å². The topological polar surface area (TPSA) is 152 Å². The summed E-state index contributed by atoms with van der Waals surface area (Å²) in [6, 6.07) is 0. The van der Waals surface area contributed by atoms with Crippen LogP contribution in [0.1, 0.15) is 39.0 Å². The van der Waals surface area contributed by atoms with Crippen molar-refractivity contribution in [2.24, 2.45) is 39.9 Å². The maximum atomic E-state index is 12.7. The minimum atomic E-state index is -1.91. The Kier molecular flexibility index (Phi) is 3.86. The molecule has 0 aliphatic heterocycles. The summed E-state index contributed by atoms with van der Waals surface area (Å²) in [6.07, 6.45) is -1.52. The third kappa shape index (κ3) is 1.90. The molecule has 0 aromatic carbocycles. The van der Waals surface area contributed by atoms with Gasteiger partial charge in [0.05, 0.1) is 29.0 Å². The molecule has 0 unspecified atom stereocenters. The predicted octanol–water partition coefficient (Wildman–Crippen LogP) is 0.967. The second-order valence-electron chi connectivity index (χ2n) is 9.52.